The van der Waals surface area contributed by atoms with Crippen molar-refractivity contribution >= 4 is 5.82 Å². The molecular weight excluding hydrogens is 217 g/mol. The monoisotopic (exact) mass is 230 g/mol. The van der Waals surface area contributed by atoms with Crippen LogP contribution >= 0.6 is 0 Å². The first-order valence-corrected chi connectivity index (χ1v) is 5.34. The maximum absolute atomic E-state index is 13.4. The average molecular weight is 230 g/mol. The molecule has 0 amide bonds. The lowest BCUT2D eigenvalue weighted by Crippen LogP contribution is -2.30. The molecule has 88 valence electrons. The van der Waals surface area contributed by atoms with Crippen molar-refractivity contribution in [2.24, 2.45) is 0 Å². The highest BCUT2D eigenvalue weighted by molar-refractivity contribution is 5.40. The van der Waals surface area contributed by atoms with Crippen LogP contribution in [0.15, 0.2) is 6.07 Å². The molecule has 0 radical (unpaired) electrons. The highest BCUT2D eigenvalue weighted by Crippen LogP contribution is 2.27. The Hall–Kier alpha value is -1.26. The van der Waals surface area contributed by atoms with Crippen molar-refractivity contribution < 1.29 is 13.2 Å². The van der Waals surface area contributed by atoms with Gasteiger partial charge in [-0.3, -0.25) is 0 Å². The van der Waals surface area contributed by atoms with Gasteiger partial charge >= 0.3 is 0 Å². The second kappa shape index (κ2) is 4.31. The van der Waals surface area contributed by atoms with E-state index in [1.807, 2.05) is 0 Å². The summed E-state index contributed by atoms with van der Waals surface area (Å²) in [7, 11) is 1.67. The molecule has 0 aromatic carbocycles. The number of halogens is 3. The van der Waals surface area contributed by atoms with Crippen LogP contribution in [-0.2, 0) is 0 Å². The first-order chi connectivity index (χ1) is 7.59. The van der Waals surface area contributed by atoms with Crippen LogP contribution in [0.2, 0.25) is 0 Å². The number of aromatic nitrogens is 1. The van der Waals surface area contributed by atoms with E-state index in [4.69, 9.17) is 0 Å². The quantitative estimate of drug-likeness (QED) is 0.726. The summed E-state index contributed by atoms with van der Waals surface area (Å²) in [4.78, 5) is 4.93. The molecule has 5 heteroatoms. The Bertz CT molecular complexity index is 389. The summed E-state index contributed by atoms with van der Waals surface area (Å²) in [5.41, 5.74) is 0. The molecule has 0 N–H and O–H groups in total. The number of rotatable bonds is 2. The predicted molar refractivity (Wildman–Crippen MR) is 54.8 cm³/mol. The van der Waals surface area contributed by atoms with E-state index < -0.39 is 17.6 Å². The molecule has 1 saturated carbocycles. The minimum absolute atomic E-state index is 0.106. The Morgan fingerprint density at radius 1 is 1.19 bits per heavy atom. The van der Waals surface area contributed by atoms with Gasteiger partial charge in [0.1, 0.15) is 0 Å². The fourth-order valence-corrected chi connectivity index (χ4v) is 2.15. The van der Waals surface area contributed by atoms with Gasteiger partial charge < -0.3 is 4.90 Å². The number of hydrogen-bond donors (Lipinski definition) is 0. The second-order valence-corrected chi connectivity index (χ2v) is 4.12. The van der Waals surface area contributed by atoms with E-state index in [1.165, 1.54) is 0 Å². The summed E-state index contributed by atoms with van der Waals surface area (Å²) >= 11 is 0. The average Bonchev–Trinajstić information content (AvgIpc) is 2.75. The van der Waals surface area contributed by atoms with Gasteiger partial charge in [-0.25, -0.2) is 8.78 Å². The fraction of sp³-hybridized carbons (Fsp3) is 0.545. The van der Waals surface area contributed by atoms with Gasteiger partial charge in [0.25, 0.3) is 5.95 Å². The summed E-state index contributed by atoms with van der Waals surface area (Å²) in [5.74, 6) is -3.42. The third-order valence-electron chi connectivity index (χ3n) is 3.07. The van der Waals surface area contributed by atoms with Gasteiger partial charge in [-0.2, -0.15) is 9.37 Å². The largest absolute Gasteiger partial charge is 0.354 e. The van der Waals surface area contributed by atoms with E-state index in [1.54, 1.807) is 11.9 Å². The Morgan fingerprint density at radius 2 is 1.81 bits per heavy atom. The number of nitrogens with zero attached hydrogens (tertiary/aromatic N) is 2. The van der Waals surface area contributed by atoms with Gasteiger partial charge in [-0.1, -0.05) is 12.8 Å². The molecule has 0 aliphatic heterocycles. The topological polar surface area (TPSA) is 16.1 Å². The molecule has 0 spiro atoms. The van der Waals surface area contributed by atoms with Crippen LogP contribution in [0.1, 0.15) is 25.7 Å². The summed E-state index contributed by atoms with van der Waals surface area (Å²) in [6.45, 7) is 0. The van der Waals surface area contributed by atoms with Crippen LogP contribution in [0.4, 0.5) is 19.0 Å². The normalized spacial score (nSPS) is 16.8. The Labute approximate surface area is 92.1 Å². The molecule has 2 rings (SSSR count). The maximum atomic E-state index is 13.4. The molecule has 16 heavy (non-hydrogen) atoms. The van der Waals surface area contributed by atoms with Crippen molar-refractivity contribution in [3.63, 3.8) is 0 Å². The predicted octanol–water partition coefficient (Wildman–Crippen LogP) is 2.88. The van der Waals surface area contributed by atoms with Crippen molar-refractivity contribution in [2.75, 3.05) is 11.9 Å². The number of pyridine rings is 1. The lowest BCUT2D eigenvalue weighted by molar-refractivity contribution is 0.460. The van der Waals surface area contributed by atoms with Gasteiger partial charge in [0.05, 0.1) is 0 Å². The van der Waals surface area contributed by atoms with Crippen LogP contribution in [0.5, 0.6) is 0 Å². The summed E-state index contributed by atoms with van der Waals surface area (Å²) in [6, 6.07) is 0.718. The summed E-state index contributed by atoms with van der Waals surface area (Å²) in [6.07, 6.45) is 4.05. The van der Waals surface area contributed by atoms with E-state index >= 15 is 0 Å². The van der Waals surface area contributed by atoms with Crippen molar-refractivity contribution in [3.8, 4) is 0 Å². The van der Waals surface area contributed by atoms with Gasteiger partial charge in [0, 0.05) is 19.2 Å². The Balaban J connectivity index is 2.28. The van der Waals surface area contributed by atoms with Crippen molar-refractivity contribution in [2.45, 2.75) is 31.7 Å². The number of hydrogen-bond acceptors (Lipinski definition) is 2. The first-order valence-electron chi connectivity index (χ1n) is 5.34. The molecule has 0 unspecified atom stereocenters. The van der Waals surface area contributed by atoms with E-state index in [0.717, 1.165) is 25.7 Å². The van der Waals surface area contributed by atoms with Crippen LogP contribution < -0.4 is 4.90 Å². The van der Waals surface area contributed by atoms with E-state index in [2.05, 4.69) is 4.98 Å². The molecule has 0 atom stereocenters. The Morgan fingerprint density at radius 3 is 2.44 bits per heavy atom. The van der Waals surface area contributed by atoms with Crippen LogP contribution in [-0.4, -0.2) is 18.1 Å². The zero-order valence-corrected chi connectivity index (χ0v) is 9.01. The lowest BCUT2D eigenvalue weighted by Gasteiger charge is -2.25. The van der Waals surface area contributed by atoms with Crippen LogP contribution in [0.25, 0.3) is 0 Å². The summed E-state index contributed by atoms with van der Waals surface area (Å²) in [5, 5.41) is 0. The van der Waals surface area contributed by atoms with Crippen molar-refractivity contribution in [3.05, 3.63) is 23.6 Å². The molecule has 1 aromatic rings. The van der Waals surface area contributed by atoms with Crippen molar-refractivity contribution in [1.82, 2.24) is 4.98 Å². The summed E-state index contributed by atoms with van der Waals surface area (Å²) < 4.78 is 39.1. The molecule has 1 fully saturated rings. The highest BCUT2D eigenvalue weighted by Gasteiger charge is 2.24. The molecule has 2 nitrogen and oxygen atoms in total. The zero-order valence-electron chi connectivity index (χ0n) is 9.01. The SMILES string of the molecule is CN(c1nc(F)c(F)cc1F)C1CCCC1. The third kappa shape index (κ3) is 1.99. The minimum Gasteiger partial charge on any atom is -0.354 e. The molecule has 1 heterocycles. The second-order valence-electron chi connectivity index (χ2n) is 4.12. The van der Waals surface area contributed by atoms with Crippen LogP contribution in [0.3, 0.4) is 0 Å². The molecule has 0 saturated heterocycles. The number of anilines is 1. The fourth-order valence-electron chi connectivity index (χ4n) is 2.15. The van der Waals surface area contributed by atoms with Gasteiger partial charge in [0.15, 0.2) is 17.5 Å². The Kier molecular flexibility index (Phi) is 3.03. The first kappa shape index (κ1) is 11.2. The van der Waals surface area contributed by atoms with Gasteiger partial charge in [-0.15, -0.1) is 0 Å². The maximum Gasteiger partial charge on any atom is 0.251 e. The molecule has 0 bridgehead atoms. The minimum atomic E-state index is -1.25. The zero-order chi connectivity index (χ0) is 11.7. The van der Waals surface area contributed by atoms with Gasteiger partial charge in [0.2, 0.25) is 0 Å². The highest BCUT2D eigenvalue weighted by atomic mass is 19.2. The van der Waals surface area contributed by atoms with E-state index in [9.17, 15) is 13.2 Å². The van der Waals surface area contributed by atoms with Crippen LogP contribution in [0, 0.1) is 17.6 Å². The lowest BCUT2D eigenvalue weighted by atomic mass is 10.2. The van der Waals surface area contributed by atoms with E-state index in [-0.39, 0.29) is 11.9 Å². The van der Waals surface area contributed by atoms with Gasteiger partial charge in [-0.05, 0) is 12.8 Å². The standard InChI is InChI=1S/C11H13F3N2/c1-16(7-4-2-3-5-7)11-9(13)6-8(12)10(14)15-11/h6-7H,2-5H2,1H3. The smallest absolute Gasteiger partial charge is 0.251 e. The third-order valence-corrected chi connectivity index (χ3v) is 3.07. The van der Waals surface area contributed by atoms with Crippen molar-refractivity contribution in [1.29, 1.82) is 0 Å². The molecular formula is C11H13F3N2. The van der Waals surface area contributed by atoms with E-state index in [0.29, 0.717) is 6.07 Å². The molecule has 1 aromatic heterocycles. The molecule has 1 aliphatic carbocycles. The molecule has 1 aliphatic rings.